The summed E-state index contributed by atoms with van der Waals surface area (Å²) in [6, 6.07) is 5.65. The molecule has 1 atom stereocenters. The molecule has 1 saturated heterocycles. The van der Waals surface area contributed by atoms with E-state index in [1.54, 1.807) is 23.5 Å². The molecule has 1 fully saturated rings. The minimum absolute atomic E-state index is 0.0277. The maximum absolute atomic E-state index is 12.5. The molecule has 0 spiro atoms. The zero-order valence-corrected chi connectivity index (χ0v) is 13.5. The first-order chi connectivity index (χ1) is 11.7. The smallest absolute Gasteiger partial charge is 0.304 e. The predicted octanol–water partition coefficient (Wildman–Crippen LogP) is 2.13. The fourth-order valence-corrected chi connectivity index (χ4v) is 3.76. The number of rotatable bonds is 3. The molecule has 0 saturated carbocycles. The van der Waals surface area contributed by atoms with E-state index in [0.717, 1.165) is 22.6 Å². The molecule has 2 N–H and O–H groups in total. The van der Waals surface area contributed by atoms with E-state index in [2.05, 4.69) is 20.2 Å². The Hall–Kier alpha value is -2.74. The van der Waals surface area contributed by atoms with Crippen LogP contribution in [0.25, 0.3) is 11.3 Å². The van der Waals surface area contributed by atoms with Crippen molar-refractivity contribution in [1.82, 2.24) is 20.2 Å². The first kappa shape index (κ1) is 14.8. The SMILES string of the molecule is O=C1CC(c2c[nH]c(=O)s2)CCN1c1cc(-c2ccncc2)[nH]n1. The quantitative estimate of drug-likeness (QED) is 0.763. The van der Waals surface area contributed by atoms with Gasteiger partial charge in [0.15, 0.2) is 5.82 Å². The lowest BCUT2D eigenvalue weighted by molar-refractivity contribution is -0.120. The van der Waals surface area contributed by atoms with Gasteiger partial charge < -0.3 is 4.98 Å². The molecule has 3 aromatic rings. The van der Waals surface area contributed by atoms with Gasteiger partial charge in [-0.05, 0) is 18.6 Å². The van der Waals surface area contributed by atoms with Gasteiger partial charge in [-0.2, -0.15) is 5.10 Å². The summed E-state index contributed by atoms with van der Waals surface area (Å²) in [7, 11) is 0. The third-order valence-electron chi connectivity index (χ3n) is 4.20. The van der Waals surface area contributed by atoms with E-state index in [4.69, 9.17) is 0 Å². The summed E-state index contributed by atoms with van der Waals surface area (Å²) in [5, 5.41) is 7.24. The van der Waals surface area contributed by atoms with E-state index < -0.39 is 0 Å². The topological polar surface area (TPSA) is 94.7 Å². The zero-order valence-electron chi connectivity index (χ0n) is 12.7. The lowest BCUT2D eigenvalue weighted by Crippen LogP contribution is -2.38. The lowest BCUT2D eigenvalue weighted by atomic mass is 9.95. The molecule has 7 nitrogen and oxygen atoms in total. The Morgan fingerprint density at radius 2 is 2.08 bits per heavy atom. The predicted molar refractivity (Wildman–Crippen MR) is 91.1 cm³/mol. The van der Waals surface area contributed by atoms with Crippen molar-refractivity contribution in [2.45, 2.75) is 18.8 Å². The van der Waals surface area contributed by atoms with E-state index in [-0.39, 0.29) is 16.7 Å². The van der Waals surface area contributed by atoms with Gasteiger partial charge in [-0.25, -0.2) is 0 Å². The van der Waals surface area contributed by atoms with Crippen LogP contribution in [0.2, 0.25) is 0 Å². The third kappa shape index (κ3) is 2.76. The van der Waals surface area contributed by atoms with Gasteiger partial charge in [0.2, 0.25) is 5.91 Å². The molecule has 1 aliphatic heterocycles. The normalized spacial score (nSPS) is 18.1. The highest BCUT2D eigenvalue weighted by Crippen LogP contribution is 2.32. The number of thiazole rings is 1. The second-order valence-corrected chi connectivity index (χ2v) is 6.74. The Morgan fingerprint density at radius 3 is 2.79 bits per heavy atom. The number of nitrogens with one attached hydrogen (secondary N) is 2. The Kier molecular flexibility index (Phi) is 3.73. The van der Waals surface area contributed by atoms with Gasteiger partial charge in [-0.1, -0.05) is 11.3 Å². The summed E-state index contributed by atoms with van der Waals surface area (Å²) < 4.78 is 0. The van der Waals surface area contributed by atoms with Crippen molar-refractivity contribution in [3.8, 4) is 11.3 Å². The van der Waals surface area contributed by atoms with Crippen LogP contribution in [0, 0.1) is 0 Å². The monoisotopic (exact) mass is 341 g/mol. The van der Waals surface area contributed by atoms with Gasteiger partial charge in [0, 0.05) is 54.0 Å². The van der Waals surface area contributed by atoms with Crippen molar-refractivity contribution in [1.29, 1.82) is 0 Å². The van der Waals surface area contributed by atoms with Crippen LogP contribution in [0.4, 0.5) is 5.82 Å². The summed E-state index contributed by atoms with van der Waals surface area (Å²) in [6.45, 7) is 0.593. The molecule has 4 heterocycles. The van der Waals surface area contributed by atoms with Crippen molar-refractivity contribution in [3.05, 3.63) is 51.3 Å². The summed E-state index contributed by atoms with van der Waals surface area (Å²) in [6.07, 6.45) is 6.36. The van der Waals surface area contributed by atoms with Crippen LogP contribution < -0.4 is 9.77 Å². The van der Waals surface area contributed by atoms with Gasteiger partial charge in [0.1, 0.15) is 0 Å². The highest BCUT2D eigenvalue weighted by atomic mass is 32.1. The first-order valence-corrected chi connectivity index (χ1v) is 8.47. The molecule has 4 rings (SSSR count). The van der Waals surface area contributed by atoms with E-state index in [1.807, 2.05) is 18.2 Å². The highest BCUT2D eigenvalue weighted by Gasteiger charge is 2.30. The van der Waals surface area contributed by atoms with Crippen molar-refractivity contribution in [3.63, 3.8) is 0 Å². The van der Waals surface area contributed by atoms with E-state index in [0.29, 0.717) is 18.8 Å². The number of pyridine rings is 1. The molecule has 0 bridgehead atoms. The average molecular weight is 341 g/mol. The maximum atomic E-state index is 12.5. The fraction of sp³-hybridized carbons (Fsp3) is 0.250. The van der Waals surface area contributed by atoms with Crippen molar-refractivity contribution >= 4 is 23.1 Å². The number of piperidine rings is 1. The standard InChI is InChI=1S/C16H15N5O2S/c22-15-7-11(13-9-18-16(23)24-13)3-6-21(15)14-8-12(19-20-14)10-1-4-17-5-2-10/h1-2,4-5,8-9,11H,3,6-7H2,(H,18,23)(H,19,20). The summed E-state index contributed by atoms with van der Waals surface area (Å²) in [5.41, 5.74) is 1.83. The van der Waals surface area contributed by atoms with E-state index in [9.17, 15) is 9.59 Å². The number of hydrogen-bond donors (Lipinski definition) is 2. The largest absolute Gasteiger partial charge is 0.319 e. The second-order valence-electron chi connectivity index (χ2n) is 5.69. The Balaban J connectivity index is 1.51. The molecule has 0 radical (unpaired) electrons. The number of nitrogens with zero attached hydrogens (tertiary/aromatic N) is 3. The molecule has 1 aliphatic rings. The van der Waals surface area contributed by atoms with Crippen LogP contribution in [-0.2, 0) is 4.79 Å². The summed E-state index contributed by atoms with van der Waals surface area (Å²) in [4.78, 5) is 33.0. The minimum atomic E-state index is -0.0748. The van der Waals surface area contributed by atoms with E-state index in [1.165, 1.54) is 11.3 Å². The zero-order chi connectivity index (χ0) is 16.5. The highest BCUT2D eigenvalue weighted by molar-refractivity contribution is 7.09. The number of carbonyl (C=O) groups excluding carboxylic acids is 1. The van der Waals surface area contributed by atoms with Gasteiger partial charge in [-0.3, -0.25) is 24.6 Å². The molecule has 1 unspecified atom stereocenters. The minimum Gasteiger partial charge on any atom is -0.319 e. The molecule has 1 amide bonds. The number of amides is 1. The number of H-pyrrole nitrogens is 2. The first-order valence-electron chi connectivity index (χ1n) is 7.65. The molecule has 3 aromatic heterocycles. The summed E-state index contributed by atoms with van der Waals surface area (Å²) in [5.74, 6) is 0.767. The Labute approximate surface area is 141 Å². The lowest BCUT2D eigenvalue weighted by Gasteiger charge is -2.29. The third-order valence-corrected chi connectivity index (χ3v) is 5.19. The number of aromatic nitrogens is 4. The van der Waals surface area contributed by atoms with Gasteiger partial charge in [0.25, 0.3) is 0 Å². The number of hydrogen-bond acceptors (Lipinski definition) is 5. The van der Waals surface area contributed by atoms with Crippen LogP contribution in [-0.4, -0.2) is 32.6 Å². The molecule has 0 aliphatic carbocycles. The van der Waals surface area contributed by atoms with Gasteiger partial charge in [0.05, 0.1) is 5.69 Å². The Bertz CT molecular complexity index is 914. The molecule has 0 aromatic carbocycles. The fourth-order valence-electron chi connectivity index (χ4n) is 2.94. The molecular weight excluding hydrogens is 326 g/mol. The number of anilines is 1. The average Bonchev–Trinajstić information content (AvgIpc) is 3.25. The van der Waals surface area contributed by atoms with Gasteiger partial charge >= 0.3 is 4.87 Å². The number of aromatic amines is 2. The van der Waals surface area contributed by atoms with Crippen LogP contribution in [0.15, 0.2) is 41.6 Å². The second kappa shape index (κ2) is 6.04. The molecule has 122 valence electrons. The van der Waals surface area contributed by atoms with Crippen LogP contribution in [0.3, 0.4) is 0 Å². The number of carbonyl (C=O) groups is 1. The van der Waals surface area contributed by atoms with E-state index >= 15 is 0 Å². The summed E-state index contributed by atoms with van der Waals surface area (Å²) >= 11 is 1.19. The molecule has 8 heteroatoms. The Morgan fingerprint density at radius 1 is 1.25 bits per heavy atom. The maximum Gasteiger partial charge on any atom is 0.304 e. The van der Waals surface area contributed by atoms with Crippen LogP contribution in [0.1, 0.15) is 23.6 Å². The van der Waals surface area contributed by atoms with Crippen molar-refractivity contribution in [2.75, 3.05) is 11.4 Å². The van der Waals surface area contributed by atoms with Crippen LogP contribution >= 0.6 is 11.3 Å². The molecular formula is C16H15N5O2S. The molecule has 24 heavy (non-hydrogen) atoms. The van der Waals surface area contributed by atoms with Gasteiger partial charge in [-0.15, -0.1) is 0 Å². The van der Waals surface area contributed by atoms with Crippen molar-refractivity contribution in [2.24, 2.45) is 0 Å². The van der Waals surface area contributed by atoms with Crippen molar-refractivity contribution < 1.29 is 4.79 Å². The van der Waals surface area contributed by atoms with Crippen LogP contribution in [0.5, 0.6) is 0 Å².